The third-order valence-corrected chi connectivity index (χ3v) is 2.72. The number of methoxy groups -OCH3 is 1. The number of nitrogens with zero attached hydrogens (tertiary/aromatic N) is 1. The van der Waals surface area contributed by atoms with E-state index in [2.05, 4.69) is 6.07 Å². The quantitative estimate of drug-likeness (QED) is 0.631. The highest BCUT2D eigenvalue weighted by atomic mass is 16.6. The second-order valence-electron chi connectivity index (χ2n) is 4.08. The number of nitriles is 1. The fraction of sp³-hybridized carbons (Fsp3) is 0.125. The molecule has 2 aromatic rings. The SMILES string of the molecule is COc1ccc(CC#N)cc1OC(=O)c1ccccc1. The Kier molecular flexibility index (Phi) is 4.35. The summed E-state index contributed by atoms with van der Waals surface area (Å²) >= 11 is 0. The van der Waals surface area contributed by atoms with Gasteiger partial charge in [-0.3, -0.25) is 0 Å². The largest absolute Gasteiger partial charge is 0.493 e. The lowest BCUT2D eigenvalue weighted by Gasteiger charge is -2.10. The van der Waals surface area contributed by atoms with Crippen LogP contribution in [-0.4, -0.2) is 13.1 Å². The van der Waals surface area contributed by atoms with E-state index in [4.69, 9.17) is 14.7 Å². The Morgan fingerprint density at radius 3 is 2.55 bits per heavy atom. The van der Waals surface area contributed by atoms with E-state index in [-0.39, 0.29) is 6.42 Å². The number of esters is 1. The van der Waals surface area contributed by atoms with Gasteiger partial charge in [0.1, 0.15) is 0 Å². The van der Waals surface area contributed by atoms with E-state index < -0.39 is 5.97 Å². The summed E-state index contributed by atoms with van der Waals surface area (Å²) in [6.07, 6.45) is 0.250. The van der Waals surface area contributed by atoms with Gasteiger partial charge in [-0.15, -0.1) is 0 Å². The molecule has 0 spiro atoms. The fourth-order valence-electron chi connectivity index (χ4n) is 1.74. The second kappa shape index (κ2) is 6.39. The van der Waals surface area contributed by atoms with Crippen molar-refractivity contribution < 1.29 is 14.3 Å². The Morgan fingerprint density at radius 2 is 1.90 bits per heavy atom. The maximum atomic E-state index is 12.0. The van der Waals surface area contributed by atoms with E-state index in [1.807, 2.05) is 6.07 Å². The minimum absolute atomic E-state index is 0.250. The van der Waals surface area contributed by atoms with Crippen LogP contribution in [-0.2, 0) is 6.42 Å². The zero-order chi connectivity index (χ0) is 14.4. The number of benzene rings is 2. The van der Waals surface area contributed by atoms with Crippen molar-refractivity contribution in [2.24, 2.45) is 0 Å². The van der Waals surface area contributed by atoms with Crippen molar-refractivity contribution >= 4 is 5.97 Å². The van der Waals surface area contributed by atoms with Crippen molar-refractivity contribution in [1.29, 1.82) is 5.26 Å². The zero-order valence-corrected chi connectivity index (χ0v) is 11.0. The summed E-state index contributed by atoms with van der Waals surface area (Å²) in [7, 11) is 1.50. The van der Waals surface area contributed by atoms with Crippen molar-refractivity contribution in [1.82, 2.24) is 0 Å². The maximum absolute atomic E-state index is 12.0. The van der Waals surface area contributed by atoms with Crippen LogP contribution in [0.4, 0.5) is 0 Å². The molecule has 0 saturated carbocycles. The summed E-state index contributed by atoms with van der Waals surface area (Å²) in [6, 6.07) is 15.8. The molecular formula is C16H13NO3. The van der Waals surface area contributed by atoms with Gasteiger partial charge < -0.3 is 9.47 Å². The van der Waals surface area contributed by atoms with E-state index >= 15 is 0 Å². The summed E-state index contributed by atoms with van der Waals surface area (Å²) in [5.74, 6) is 0.308. The minimum Gasteiger partial charge on any atom is -0.493 e. The standard InChI is InChI=1S/C16H13NO3/c1-19-14-8-7-12(9-10-17)11-15(14)20-16(18)13-5-3-2-4-6-13/h2-8,11H,9H2,1H3. The number of hydrogen-bond acceptors (Lipinski definition) is 4. The van der Waals surface area contributed by atoms with Crippen molar-refractivity contribution in [3.63, 3.8) is 0 Å². The van der Waals surface area contributed by atoms with Crippen LogP contribution in [0, 0.1) is 11.3 Å². The lowest BCUT2D eigenvalue weighted by atomic mass is 10.1. The average Bonchev–Trinajstić information content (AvgIpc) is 2.49. The van der Waals surface area contributed by atoms with Crippen molar-refractivity contribution in [2.45, 2.75) is 6.42 Å². The first kappa shape index (κ1) is 13.6. The summed E-state index contributed by atoms with van der Waals surface area (Å²) in [5.41, 5.74) is 1.23. The molecule has 0 aliphatic carbocycles. The van der Waals surface area contributed by atoms with E-state index in [1.54, 1.807) is 42.5 Å². The third kappa shape index (κ3) is 3.15. The molecule has 4 nitrogen and oxygen atoms in total. The van der Waals surface area contributed by atoms with Crippen molar-refractivity contribution in [3.05, 3.63) is 59.7 Å². The van der Waals surface area contributed by atoms with Crippen LogP contribution in [0.2, 0.25) is 0 Å². The molecule has 0 saturated heterocycles. The summed E-state index contributed by atoms with van der Waals surface area (Å²) in [6.45, 7) is 0. The maximum Gasteiger partial charge on any atom is 0.343 e. The smallest absolute Gasteiger partial charge is 0.343 e. The Morgan fingerprint density at radius 1 is 1.15 bits per heavy atom. The number of ether oxygens (including phenoxy) is 2. The van der Waals surface area contributed by atoms with Gasteiger partial charge in [0.2, 0.25) is 0 Å². The van der Waals surface area contributed by atoms with Gasteiger partial charge in [-0.2, -0.15) is 5.26 Å². The Balaban J connectivity index is 2.25. The van der Waals surface area contributed by atoms with Crippen LogP contribution in [0.1, 0.15) is 15.9 Å². The second-order valence-corrected chi connectivity index (χ2v) is 4.08. The minimum atomic E-state index is -0.460. The molecule has 0 amide bonds. The van der Waals surface area contributed by atoms with E-state index in [0.29, 0.717) is 17.1 Å². The highest BCUT2D eigenvalue weighted by Crippen LogP contribution is 2.29. The predicted octanol–water partition coefficient (Wildman–Crippen LogP) is 2.98. The lowest BCUT2D eigenvalue weighted by Crippen LogP contribution is -2.09. The number of carbonyl (C=O) groups excluding carboxylic acids is 1. The van der Waals surface area contributed by atoms with Crippen LogP contribution in [0.25, 0.3) is 0 Å². The highest BCUT2D eigenvalue weighted by Gasteiger charge is 2.12. The van der Waals surface area contributed by atoms with Gasteiger partial charge in [-0.05, 0) is 29.8 Å². The molecule has 0 aliphatic rings. The fourth-order valence-corrected chi connectivity index (χ4v) is 1.74. The van der Waals surface area contributed by atoms with E-state index in [9.17, 15) is 4.79 Å². The monoisotopic (exact) mass is 267 g/mol. The van der Waals surface area contributed by atoms with Crippen molar-refractivity contribution in [3.8, 4) is 17.6 Å². The molecule has 0 unspecified atom stereocenters. The highest BCUT2D eigenvalue weighted by molar-refractivity contribution is 5.91. The van der Waals surface area contributed by atoms with Crippen LogP contribution in [0.15, 0.2) is 48.5 Å². The first-order chi connectivity index (χ1) is 9.74. The molecule has 0 radical (unpaired) electrons. The third-order valence-electron chi connectivity index (χ3n) is 2.72. The average molecular weight is 267 g/mol. The molecule has 0 heterocycles. The molecule has 2 rings (SSSR count). The van der Waals surface area contributed by atoms with Gasteiger partial charge in [-0.25, -0.2) is 4.79 Å². The number of hydrogen-bond donors (Lipinski definition) is 0. The molecule has 0 atom stereocenters. The molecule has 0 N–H and O–H groups in total. The van der Waals surface area contributed by atoms with E-state index in [0.717, 1.165) is 5.56 Å². The molecule has 0 fully saturated rings. The Hall–Kier alpha value is -2.80. The Bertz CT molecular complexity index is 645. The lowest BCUT2D eigenvalue weighted by molar-refractivity contribution is 0.0729. The zero-order valence-electron chi connectivity index (χ0n) is 11.0. The molecule has 2 aromatic carbocycles. The first-order valence-corrected chi connectivity index (χ1v) is 6.05. The molecule has 0 bridgehead atoms. The molecule has 0 aromatic heterocycles. The number of rotatable bonds is 4. The summed E-state index contributed by atoms with van der Waals surface area (Å²) in [5, 5.41) is 8.71. The van der Waals surface area contributed by atoms with Crippen molar-refractivity contribution in [2.75, 3.05) is 7.11 Å². The van der Waals surface area contributed by atoms with Gasteiger partial charge in [0, 0.05) is 0 Å². The van der Waals surface area contributed by atoms with Gasteiger partial charge in [0.05, 0.1) is 25.2 Å². The molecule has 20 heavy (non-hydrogen) atoms. The molecular weight excluding hydrogens is 254 g/mol. The molecule has 100 valence electrons. The number of carbonyl (C=O) groups is 1. The topological polar surface area (TPSA) is 59.3 Å². The predicted molar refractivity (Wildman–Crippen MR) is 73.7 cm³/mol. The van der Waals surface area contributed by atoms with Crippen LogP contribution in [0.3, 0.4) is 0 Å². The van der Waals surface area contributed by atoms with Gasteiger partial charge in [0.25, 0.3) is 0 Å². The molecule has 0 aliphatic heterocycles. The molecule has 4 heteroatoms. The van der Waals surface area contributed by atoms with Crippen LogP contribution >= 0.6 is 0 Å². The van der Waals surface area contributed by atoms with Crippen LogP contribution < -0.4 is 9.47 Å². The van der Waals surface area contributed by atoms with Crippen LogP contribution in [0.5, 0.6) is 11.5 Å². The summed E-state index contributed by atoms with van der Waals surface area (Å²) in [4.78, 5) is 12.0. The Labute approximate surface area is 117 Å². The summed E-state index contributed by atoms with van der Waals surface area (Å²) < 4.78 is 10.5. The van der Waals surface area contributed by atoms with Gasteiger partial charge in [0.15, 0.2) is 11.5 Å². The van der Waals surface area contributed by atoms with Gasteiger partial charge in [-0.1, -0.05) is 24.3 Å². The van der Waals surface area contributed by atoms with E-state index in [1.165, 1.54) is 7.11 Å². The first-order valence-electron chi connectivity index (χ1n) is 6.05. The van der Waals surface area contributed by atoms with Gasteiger partial charge >= 0.3 is 5.97 Å². The normalized spacial score (nSPS) is 9.60.